The van der Waals surface area contributed by atoms with Crippen molar-refractivity contribution in [2.24, 2.45) is 5.92 Å². The molecule has 184 valence electrons. The summed E-state index contributed by atoms with van der Waals surface area (Å²) in [5.41, 5.74) is 1.25. The van der Waals surface area contributed by atoms with Gasteiger partial charge in [0.2, 0.25) is 5.91 Å². The summed E-state index contributed by atoms with van der Waals surface area (Å²) in [5, 5.41) is 2.53. The number of hydrogen-bond acceptors (Lipinski definition) is 3. The minimum Gasteiger partial charge on any atom is -0.368 e. The van der Waals surface area contributed by atoms with Crippen molar-refractivity contribution in [3.05, 3.63) is 77.9 Å². The first-order chi connectivity index (χ1) is 16.9. The number of likely N-dealkylation sites (tertiary alicyclic amines) is 1. The minimum atomic E-state index is -4.35. The molecule has 2 fully saturated rings. The maximum Gasteiger partial charge on any atom is 0.416 e. The number of alkyl halides is 3. The van der Waals surface area contributed by atoms with Gasteiger partial charge in [-0.2, -0.15) is 13.2 Å². The number of carbonyl (C=O) groups is 1. The summed E-state index contributed by atoms with van der Waals surface area (Å²) in [6.07, 6.45) is -2.66. The van der Waals surface area contributed by atoms with Crippen LogP contribution in [0.3, 0.4) is 0 Å². The van der Waals surface area contributed by atoms with Crippen molar-refractivity contribution in [1.29, 1.82) is 0 Å². The molecule has 2 aliphatic heterocycles. The molecule has 0 unspecified atom stereocenters. The zero-order chi connectivity index (χ0) is 24.4. The van der Waals surface area contributed by atoms with Crippen molar-refractivity contribution in [2.75, 3.05) is 44.2 Å². The van der Waals surface area contributed by atoms with Crippen LogP contribution in [0.5, 0.6) is 0 Å². The highest BCUT2D eigenvalue weighted by molar-refractivity contribution is 5.85. The summed E-state index contributed by atoms with van der Waals surface area (Å²) in [4.78, 5) is 19.4. The number of anilines is 1. The number of piperidine rings is 1. The van der Waals surface area contributed by atoms with Crippen LogP contribution in [-0.4, -0.2) is 55.0 Å². The van der Waals surface area contributed by atoms with E-state index in [4.69, 9.17) is 0 Å². The Bertz CT molecular complexity index is 1170. The van der Waals surface area contributed by atoms with Gasteiger partial charge in [0.05, 0.1) is 5.56 Å². The fourth-order valence-corrected chi connectivity index (χ4v) is 5.33. The van der Waals surface area contributed by atoms with E-state index in [0.717, 1.165) is 38.5 Å². The van der Waals surface area contributed by atoms with Crippen LogP contribution >= 0.6 is 0 Å². The Morgan fingerprint density at radius 3 is 2.26 bits per heavy atom. The molecule has 1 amide bonds. The van der Waals surface area contributed by atoms with E-state index in [2.05, 4.69) is 47.4 Å². The Kier molecular flexibility index (Phi) is 6.69. The Hall–Kier alpha value is -3.06. The van der Waals surface area contributed by atoms with Crippen molar-refractivity contribution in [3.63, 3.8) is 0 Å². The van der Waals surface area contributed by atoms with Gasteiger partial charge in [-0.05, 0) is 60.5 Å². The standard InChI is InChI=1S/C28H30F3N3O/c29-28(30,31)24-8-4-9-25(19-24)33-15-17-34(18-16-33)27(35)22-11-13-32(14-12-22)20-23-7-3-6-21-5-1-2-10-26(21)23/h1-10,19,22H,11-18,20H2. The third-order valence-corrected chi connectivity index (χ3v) is 7.34. The number of carbonyl (C=O) groups excluding carboxylic acids is 1. The predicted octanol–water partition coefficient (Wildman–Crippen LogP) is 5.42. The highest BCUT2D eigenvalue weighted by atomic mass is 19.4. The molecule has 0 spiro atoms. The number of fused-ring (bicyclic) bond motifs is 1. The van der Waals surface area contributed by atoms with Gasteiger partial charge in [-0.1, -0.05) is 48.5 Å². The Balaban J connectivity index is 1.13. The molecular weight excluding hydrogens is 451 g/mol. The van der Waals surface area contributed by atoms with E-state index in [-0.39, 0.29) is 11.8 Å². The lowest BCUT2D eigenvalue weighted by Gasteiger charge is -2.39. The molecule has 0 aliphatic carbocycles. The summed E-state index contributed by atoms with van der Waals surface area (Å²) in [7, 11) is 0. The molecule has 2 saturated heterocycles. The van der Waals surface area contributed by atoms with Crippen molar-refractivity contribution in [2.45, 2.75) is 25.6 Å². The Morgan fingerprint density at radius 2 is 1.51 bits per heavy atom. The average molecular weight is 482 g/mol. The normalized spacial score (nSPS) is 18.3. The number of benzene rings is 3. The number of amides is 1. The molecule has 7 heteroatoms. The maximum atomic E-state index is 13.2. The molecule has 4 nitrogen and oxygen atoms in total. The van der Waals surface area contributed by atoms with Crippen molar-refractivity contribution < 1.29 is 18.0 Å². The lowest BCUT2D eigenvalue weighted by Crippen LogP contribution is -2.51. The maximum absolute atomic E-state index is 13.2. The van der Waals surface area contributed by atoms with Gasteiger partial charge in [-0.3, -0.25) is 9.69 Å². The van der Waals surface area contributed by atoms with E-state index in [1.165, 1.54) is 28.5 Å². The first-order valence-electron chi connectivity index (χ1n) is 12.3. The number of hydrogen-bond donors (Lipinski definition) is 0. The number of nitrogens with zero attached hydrogens (tertiary/aromatic N) is 3. The molecule has 3 aromatic rings. The summed E-state index contributed by atoms with van der Waals surface area (Å²) < 4.78 is 39.2. The van der Waals surface area contributed by atoms with Crippen LogP contribution in [0.2, 0.25) is 0 Å². The third-order valence-electron chi connectivity index (χ3n) is 7.34. The molecule has 2 heterocycles. The van der Waals surface area contributed by atoms with Crippen LogP contribution in [0.1, 0.15) is 24.0 Å². The topological polar surface area (TPSA) is 26.8 Å². The molecule has 0 radical (unpaired) electrons. The average Bonchev–Trinajstić information content (AvgIpc) is 2.89. The third kappa shape index (κ3) is 5.30. The largest absolute Gasteiger partial charge is 0.416 e. The van der Waals surface area contributed by atoms with E-state index in [1.54, 1.807) is 6.07 Å². The molecule has 0 atom stereocenters. The van der Waals surface area contributed by atoms with Crippen LogP contribution in [-0.2, 0) is 17.5 Å². The Labute approximate surface area is 203 Å². The van der Waals surface area contributed by atoms with Crippen LogP contribution < -0.4 is 4.90 Å². The van der Waals surface area contributed by atoms with Crippen molar-refractivity contribution in [1.82, 2.24) is 9.80 Å². The fraction of sp³-hybridized carbons (Fsp3) is 0.393. The van der Waals surface area contributed by atoms with Gasteiger partial charge >= 0.3 is 6.18 Å². The second-order valence-electron chi connectivity index (χ2n) is 9.55. The van der Waals surface area contributed by atoms with Crippen LogP contribution in [0, 0.1) is 5.92 Å². The zero-order valence-corrected chi connectivity index (χ0v) is 19.7. The van der Waals surface area contributed by atoms with E-state index in [9.17, 15) is 18.0 Å². The highest BCUT2D eigenvalue weighted by Gasteiger charge is 2.33. The van der Waals surface area contributed by atoms with E-state index in [0.29, 0.717) is 31.9 Å². The predicted molar refractivity (Wildman–Crippen MR) is 132 cm³/mol. The van der Waals surface area contributed by atoms with E-state index in [1.807, 2.05) is 9.80 Å². The summed E-state index contributed by atoms with van der Waals surface area (Å²) in [6, 6.07) is 20.3. The first kappa shape index (κ1) is 23.7. The van der Waals surface area contributed by atoms with Gasteiger partial charge in [0.25, 0.3) is 0 Å². The highest BCUT2D eigenvalue weighted by Crippen LogP contribution is 2.32. The van der Waals surface area contributed by atoms with Gasteiger partial charge in [0.1, 0.15) is 0 Å². The number of piperazine rings is 1. The van der Waals surface area contributed by atoms with Crippen molar-refractivity contribution in [3.8, 4) is 0 Å². The van der Waals surface area contributed by atoms with Gasteiger partial charge in [-0.25, -0.2) is 0 Å². The smallest absolute Gasteiger partial charge is 0.368 e. The minimum absolute atomic E-state index is 0.0267. The summed E-state index contributed by atoms with van der Waals surface area (Å²) in [6.45, 7) is 4.86. The van der Waals surface area contributed by atoms with Crippen LogP contribution in [0.15, 0.2) is 66.7 Å². The lowest BCUT2D eigenvalue weighted by atomic mass is 9.94. The fourth-order valence-electron chi connectivity index (χ4n) is 5.33. The molecule has 0 bridgehead atoms. The molecule has 35 heavy (non-hydrogen) atoms. The quantitative estimate of drug-likeness (QED) is 0.498. The van der Waals surface area contributed by atoms with E-state index >= 15 is 0 Å². The molecule has 3 aromatic carbocycles. The monoisotopic (exact) mass is 481 g/mol. The molecule has 0 N–H and O–H groups in total. The molecular formula is C28H30F3N3O. The van der Waals surface area contributed by atoms with Crippen LogP contribution in [0.4, 0.5) is 18.9 Å². The van der Waals surface area contributed by atoms with Crippen LogP contribution in [0.25, 0.3) is 10.8 Å². The zero-order valence-electron chi connectivity index (χ0n) is 19.7. The summed E-state index contributed by atoms with van der Waals surface area (Å²) in [5.74, 6) is 0.220. The van der Waals surface area contributed by atoms with Gasteiger partial charge in [0, 0.05) is 44.3 Å². The number of halogens is 3. The summed E-state index contributed by atoms with van der Waals surface area (Å²) >= 11 is 0. The number of rotatable bonds is 4. The molecule has 2 aliphatic rings. The van der Waals surface area contributed by atoms with Gasteiger partial charge in [-0.15, -0.1) is 0 Å². The van der Waals surface area contributed by atoms with Gasteiger partial charge < -0.3 is 9.80 Å². The Morgan fingerprint density at radius 1 is 0.829 bits per heavy atom. The lowest BCUT2D eigenvalue weighted by molar-refractivity contribution is -0.138. The molecule has 0 saturated carbocycles. The molecule has 5 rings (SSSR count). The first-order valence-corrected chi connectivity index (χ1v) is 12.3. The SMILES string of the molecule is O=C(C1CCN(Cc2cccc3ccccc23)CC1)N1CCN(c2cccc(C(F)(F)F)c2)CC1. The molecule has 0 aromatic heterocycles. The van der Waals surface area contributed by atoms with Gasteiger partial charge in [0.15, 0.2) is 0 Å². The second kappa shape index (κ2) is 9.90. The van der Waals surface area contributed by atoms with Crippen molar-refractivity contribution >= 4 is 22.4 Å². The van der Waals surface area contributed by atoms with E-state index < -0.39 is 11.7 Å². The second-order valence-corrected chi connectivity index (χ2v) is 9.55.